The minimum atomic E-state index is -0.479. The van der Waals surface area contributed by atoms with Crippen LogP contribution in [-0.4, -0.2) is 10.0 Å². The number of halogens is 1. The van der Waals surface area contributed by atoms with Crippen LogP contribution in [-0.2, 0) is 13.2 Å². The summed E-state index contributed by atoms with van der Waals surface area (Å²) in [5, 5.41) is 20.5. The van der Waals surface area contributed by atoms with Gasteiger partial charge in [0.15, 0.2) is 0 Å². The standard InChI is InChI=1S/C14H12ClNO4/c15-12-5-6-13(16(18)19)11(7-12)9-20-14-4-2-1-3-10(14)8-17/h1-7,17H,8-9H2. The molecule has 0 aromatic heterocycles. The highest BCUT2D eigenvalue weighted by Crippen LogP contribution is 2.25. The second-order valence-corrected chi connectivity index (χ2v) is 4.52. The third kappa shape index (κ3) is 3.26. The molecule has 6 heteroatoms. The number of aliphatic hydroxyl groups excluding tert-OH is 1. The van der Waals surface area contributed by atoms with Crippen molar-refractivity contribution in [2.24, 2.45) is 0 Å². The van der Waals surface area contributed by atoms with Crippen LogP contribution in [0.4, 0.5) is 5.69 Å². The number of ether oxygens (including phenoxy) is 1. The molecule has 0 saturated heterocycles. The van der Waals surface area contributed by atoms with Gasteiger partial charge in [-0.1, -0.05) is 29.8 Å². The summed E-state index contributed by atoms with van der Waals surface area (Å²) in [7, 11) is 0. The lowest BCUT2D eigenvalue weighted by Crippen LogP contribution is -2.02. The lowest BCUT2D eigenvalue weighted by Gasteiger charge is -2.10. The molecule has 0 aliphatic heterocycles. The molecule has 2 rings (SSSR count). The Morgan fingerprint density at radius 2 is 1.95 bits per heavy atom. The fourth-order valence-corrected chi connectivity index (χ4v) is 1.97. The first-order valence-corrected chi connectivity index (χ1v) is 6.24. The van der Waals surface area contributed by atoms with Gasteiger partial charge in [-0.2, -0.15) is 0 Å². The van der Waals surface area contributed by atoms with Crippen LogP contribution in [0.1, 0.15) is 11.1 Å². The maximum atomic E-state index is 10.9. The minimum absolute atomic E-state index is 0.00782. The molecule has 0 spiro atoms. The Bertz CT molecular complexity index is 630. The number of benzene rings is 2. The van der Waals surface area contributed by atoms with Crippen LogP contribution >= 0.6 is 11.6 Å². The van der Waals surface area contributed by atoms with Gasteiger partial charge in [-0.25, -0.2) is 0 Å². The van der Waals surface area contributed by atoms with Crippen LogP contribution in [0.2, 0.25) is 5.02 Å². The first-order chi connectivity index (χ1) is 9.61. The molecule has 2 aromatic carbocycles. The predicted octanol–water partition coefficient (Wildman–Crippen LogP) is 3.32. The zero-order valence-electron chi connectivity index (χ0n) is 10.5. The largest absolute Gasteiger partial charge is 0.488 e. The molecule has 20 heavy (non-hydrogen) atoms. The Kier molecular flexibility index (Phi) is 4.55. The molecule has 0 atom stereocenters. The van der Waals surface area contributed by atoms with E-state index in [-0.39, 0.29) is 18.9 Å². The van der Waals surface area contributed by atoms with Gasteiger partial charge in [0.25, 0.3) is 5.69 Å². The molecule has 0 fully saturated rings. The monoisotopic (exact) mass is 293 g/mol. The lowest BCUT2D eigenvalue weighted by atomic mass is 10.2. The molecule has 0 unspecified atom stereocenters. The van der Waals surface area contributed by atoms with Gasteiger partial charge in [0.2, 0.25) is 0 Å². The van der Waals surface area contributed by atoms with E-state index in [1.54, 1.807) is 24.3 Å². The molecule has 5 nitrogen and oxygen atoms in total. The summed E-state index contributed by atoms with van der Waals surface area (Å²) < 4.78 is 5.54. The Labute approximate surface area is 120 Å². The van der Waals surface area contributed by atoms with Gasteiger partial charge in [-0.3, -0.25) is 10.1 Å². The van der Waals surface area contributed by atoms with E-state index in [1.165, 1.54) is 18.2 Å². The topological polar surface area (TPSA) is 72.6 Å². The highest BCUT2D eigenvalue weighted by Gasteiger charge is 2.15. The molecule has 0 amide bonds. The van der Waals surface area contributed by atoms with Crippen LogP contribution in [0.15, 0.2) is 42.5 Å². The summed E-state index contributed by atoms with van der Waals surface area (Å²) in [5.41, 5.74) is 0.961. The van der Waals surface area contributed by atoms with E-state index in [0.29, 0.717) is 21.9 Å². The van der Waals surface area contributed by atoms with Gasteiger partial charge < -0.3 is 9.84 Å². The molecule has 104 valence electrons. The number of para-hydroxylation sites is 1. The summed E-state index contributed by atoms with van der Waals surface area (Å²) in [5.74, 6) is 0.490. The van der Waals surface area contributed by atoms with E-state index in [9.17, 15) is 15.2 Å². The average molecular weight is 294 g/mol. The first kappa shape index (κ1) is 14.3. The Balaban J connectivity index is 2.22. The number of aliphatic hydroxyl groups is 1. The summed E-state index contributed by atoms with van der Waals surface area (Å²) in [4.78, 5) is 10.5. The second-order valence-electron chi connectivity index (χ2n) is 4.08. The number of hydrogen-bond acceptors (Lipinski definition) is 4. The second kappa shape index (κ2) is 6.36. The Morgan fingerprint density at radius 1 is 1.20 bits per heavy atom. The van der Waals surface area contributed by atoms with Crippen LogP contribution in [0.3, 0.4) is 0 Å². The van der Waals surface area contributed by atoms with Gasteiger partial charge >= 0.3 is 0 Å². The van der Waals surface area contributed by atoms with Crippen molar-refractivity contribution in [3.8, 4) is 5.75 Å². The maximum Gasteiger partial charge on any atom is 0.276 e. The molecular weight excluding hydrogens is 282 g/mol. The van der Waals surface area contributed by atoms with Crippen molar-refractivity contribution in [2.45, 2.75) is 13.2 Å². The molecule has 0 radical (unpaired) electrons. The van der Waals surface area contributed by atoms with E-state index in [2.05, 4.69) is 0 Å². The van der Waals surface area contributed by atoms with E-state index < -0.39 is 4.92 Å². The van der Waals surface area contributed by atoms with Gasteiger partial charge in [0.05, 0.1) is 17.1 Å². The SMILES string of the molecule is O=[N+]([O-])c1ccc(Cl)cc1COc1ccccc1CO. The predicted molar refractivity (Wildman–Crippen MR) is 74.8 cm³/mol. The number of nitro benzene ring substituents is 1. The van der Waals surface area contributed by atoms with Crippen molar-refractivity contribution in [3.05, 3.63) is 68.7 Å². The summed E-state index contributed by atoms with van der Waals surface area (Å²) >= 11 is 5.84. The summed E-state index contributed by atoms with van der Waals surface area (Å²) in [6, 6.07) is 11.3. The van der Waals surface area contributed by atoms with Crippen LogP contribution < -0.4 is 4.74 Å². The molecule has 2 aromatic rings. The van der Waals surface area contributed by atoms with Crippen molar-refractivity contribution in [3.63, 3.8) is 0 Å². The Hall–Kier alpha value is -2.11. The van der Waals surface area contributed by atoms with E-state index in [1.807, 2.05) is 0 Å². The number of hydrogen-bond donors (Lipinski definition) is 1. The summed E-state index contributed by atoms with van der Waals surface area (Å²) in [6.45, 7) is -0.151. The molecule has 0 bridgehead atoms. The maximum absolute atomic E-state index is 10.9. The first-order valence-electron chi connectivity index (χ1n) is 5.86. The lowest BCUT2D eigenvalue weighted by molar-refractivity contribution is -0.385. The van der Waals surface area contributed by atoms with E-state index in [0.717, 1.165) is 0 Å². The molecular formula is C14H12ClNO4. The number of rotatable bonds is 5. The quantitative estimate of drug-likeness (QED) is 0.678. The average Bonchev–Trinajstić information content (AvgIpc) is 2.45. The van der Waals surface area contributed by atoms with E-state index in [4.69, 9.17) is 16.3 Å². The van der Waals surface area contributed by atoms with Crippen molar-refractivity contribution in [1.82, 2.24) is 0 Å². The fourth-order valence-electron chi connectivity index (χ4n) is 1.78. The fraction of sp³-hybridized carbons (Fsp3) is 0.143. The van der Waals surface area contributed by atoms with Gasteiger partial charge in [-0.15, -0.1) is 0 Å². The van der Waals surface area contributed by atoms with Gasteiger partial charge in [-0.05, 0) is 18.2 Å². The highest BCUT2D eigenvalue weighted by molar-refractivity contribution is 6.30. The normalized spacial score (nSPS) is 10.3. The molecule has 0 heterocycles. The van der Waals surface area contributed by atoms with Gasteiger partial charge in [0.1, 0.15) is 12.4 Å². The van der Waals surface area contributed by atoms with E-state index >= 15 is 0 Å². The van der Waals surface area contributed by atoms with Crippen LogP contribution in [0, 0.1) is 10.1 Å². The summed E-state index contributed by atoms with van der Waals surface area (Å²) in [6.07, 6.45) is 0. The Morgan fingerprint density at radius 3 is 2.65 bits per heavy atom. The van der Waals surface area contributed by atoms with Crippen molar-refractivity contribution < 1.29 is 14.8 Å². The third-order valence-corrected chi connectivity index (χ3v) is 3.00. The van der Waals surface area contributed by atoms with Crippen LogP contribution in [0.25, 0.3) is 0 Å². The third-order valence-electron chi connectivity index (χ3n) is 2.76. The van der Waals surface area contributed by atoms with Crippen molar-refractivity contribution >= 4 is 17.3 Å². The van der Waals surface area contributed by atoms with Crippen molar-refractivity contribution in [1.29, 1.82) is 0 Å². The number of nitro groups is 1. The molecule has 0 aliphatic carbocycles. The van der Waals surface area contributed by atoms with Crippen molar-refractivity contribution in [2.75, 3.05) is 0 Å². The zero-order chi connectivity index (χ0) is 14.5. The smallest absolute Gasteiger partial charge is 0.276 e. The minimum Gasteiger partial charge on any atom is -0.488 e. The zero-order valence-corrected chi connectivity index (χ0v) is 11.2. The van der Waals surface area contributed by atoms with Crippen LogP contribution in [0.5, 0.6) is 5.75 Å². The molecule has 0 saturated carbocycles. The van der Waals surface area contributed by atoms with Gasteiger partial charge in [0, 0.05) is 16.7 Å². The molecule has 1 N–H and O–H groups in total. The molecule has 0 aliphatic rings. The number of nitrogens with zero attached hydrogens (tertiary/aromatic N) is 1. The highest BCUT2D eigenvalue weighted by atomic mass is 35.5.